The van der Waals surface area contributed by atoms with Crippen molar-refractivity contribution in [2.45, 2.75) is 164 Å². The van der Waals surface area contributed by atoms with Gasteiger partial charge in [0.05, 0.1) is 30.5 Å². The average Bonchev–Trinajstić information content (AvgIpc) is 1.57. The predicted molar refractivity (Wildman–Crippen MR) is 462 cm³/mol. The number of aromatic amines is 1. The molecule has 11 rings (SSSR count). The molecule has 16 N–H and O–H groups in total. The second-order valence-corrected chi connectivity index (χ2v) is 33.6. The lowest BCUT2D eigenvalue weighted by atomic mass is 9.79. The fourth-order valence-corrected chi connectivity index (χ4v) is 17.9. The van der Waals surface area contributed by atoms with Crippen LogP contribution in [0.2, 0.25) is 0 Å². The number of nitrogens with zero attached hydrogens (tertiary/aromatic N) is 2. The number of anilines is 1. The van der Waals surface area contributed by atoms with Gasteiger partial charge in [-0.05, 0) is 134 Å². The molecule has 3 aliphatic rings. The summed E-state index contributed by atoms with van der Waals surface area (Å²) >= 11 is 0. The number of carbonyl (C=O) groups excluding carboxylic acids is 8. The second-order valence-electron chi connectivity index (χ2n) is 31.1. The van der Waals surface area contributed by atoms with Crippen LogP contribution in [0.1, 0.15) is 101 Å². The minimum absolute atomic E-state index is 0. The number of carbonyl (C=O) groups is 10. The van der Waals surface area contributed by atoms with E-state index in [9.17, 15) is 54.3 Å². The molecule has 27 nitrogen and oxygen atoms in total. The Morgan fingerprint density at radius 3 is 1.91 bits per heavy atom. The first-order valence-corrected chi connectivity index (χ1v) is 42.2. The molecule has 0 bridgehead atoms. The molecule has 0 radical (unpaired) electrons. The molecule has 0 unspecified atom stereocenters. The number of rotatable bonds is 28. The van der Waals surface area contributed by atoms with E-state index in [2.05, 4.69) is 115 Å². The number of aromatic hydroxyl groups is 1. The van der Waals surface area contributed by atoms with Gasteiger partial charge in [0.25, 0.3) is 0 Å². The van der Waals surface area contributed by atoms with Crippen molar-refractivity contribution < 1.29 is 95.0 Å². The monoisotopic (exact) mass is 1730 g/mol. The molecule has 0 saturated carbocycles. The topological polar surface area (TPSA) is 416 Å². The average molecular weight is 1740 g/mol. The summed E-state index contributed by atoms with van der Waals surface area (Å²) in [4.78, 5) is 149. The number of hydrogen-bond donors (Lipinski definition) is 15. The Morgan fingerprint density at radius 2 is 1.23 bits per heavy atom. The number of H-pyrrole nitrogens is 1. The van der Waals surface area contributed by atoms with Crippen molar-refractivity contribution >= 4 is 130 Å². The number of unbranched alkanes of at least 4 members (excludes halogenated alkanes) is 1. The lowest BCUT2D eigenvalue weighted by Gasteiger charge is -2.29. The number of amides is 8. The fraction of sp³-hybridized carbons (Fsp3) is 0.344. The highest BCUT2D eigenvalue weighted by Gasteiger charge is 2.47. The summed E-state index contributed by atoms with van der Waals surface area (Å²) in [5.41, 5.74) is 13.0. The second kappa shape index (κ2) is 41.5. The molecule has 0 spiro atoms. The number of nitrogens with two attached hydrogens (primary N) is 1. The van der Waals surface area contributed by atoms with Gasteiger partial charge in [0, 0.05) is 88.9 Å². The van der Waals surface area contributed by atoms with E-state index >= 15 is 19.2 Å². The number of phenolic OH excluding ortho intramolecular Hbond substituents is 1. The van der Waals surface area contributed by atoms with Gasteiger partial charge in [0.15, 0.2) is 18.3 Å². The van der Waals surface area contributed by atoms with Gasteiger partial charge in [0.1, 0.15) is 48.0 Å². The largest absolute Gasteiger partial charge is 1.00 e. The molecular formula is C90H103BrN12O15S2. The zero-order chi connectivity index (χ0) is 85.2. The van der Waals surface area contributed by atoms with Crippen LogP contribution in [0.3, 0.4) is 0 Å². The first kappa shape index (κ1) is 90.9. The normalized spacial score (nSPS) is 20.6. The number of para-hydroxylation sites is 1. The summed E-state index contributed by atoms with van der Waals surface area (Å²) in [6.45, 7) is 11.5. The van der Waals surface area contributed by atoms with Gasteiger partial charge in [-0.15, -0.1) is 0 Å². The molecule has 632 valence electrons. The molecule has 4 heterocycles. The van der Waals surface area contributed by atoms with Gasteiger partial charge >= 0.3 is 11.9 Å². The van der Waals surface area contributed by atoms with Crippen molar-refractivity contribution in [2.24, 2.45) is 5.73 Å². The van der Waals surface area contributed by atoms with Crippen molar-refractivity contribution in [3.8, 4) is 5.75 Å². The molecule has 1 aromatic heterocycles. The predicted octanol–water partition coefficient (Wildman–Crippen LogP) is 4.75. The van der Waals surface area contributed by atoms with Gasteiger partial charge in [-0.3, -0.25) is 43.2 Å². The van der Waals surface area contributed by atoms with E-state index in [0.29, 0.717) is 40.6 Å². The minimum atomic E-state index is -1.89. The Kier molecular flexibility index (Phi) is 31.5. The van der Waals surface area contributed by atoms with Crippen molar-refractivity contribution in [1.29, 1.82) is 0 Å². The number of aromatic nitrogens is 1. The van der Waals surface area contributed by atoms with Crippen LogP contribution >= 0.6 is 21.6 Å². The van der Waals surface area contributed by atoms with Gasteiger partial charge in [-0.25, -0.2) is 4.79 Å². The molecule has 1 fully saturated rings. The number of allylic oxidation sites excluding steroid dienone is 8. The Morgan fingerprint density at radius 1 is 0.625 bits per heavy atom. The van der Waals surface area contributed by atoms with Crippen LogP contribution in [-0.4, -0.2) is 192 Å². The standard InChI is InChI=1S/C90H102N12O15S2.BrH/c1-53(103)79-87(115)98-70(86(114)100-80(54(2)104)88(116)117)52-119-118-51-69(85(113)95-67(48-56-34-38-60(105)39-35-56)83(111)96-68(49-59-50-92-64-30-20-19-27-61(59)64)84(112)94-65(81(109)99-79)31-21-22-44-91)97-82(110)66(47-55-23-11-10-12-24-55)93-75(106)42-45-101-71-40-36-57-25-15-17-28-62(57)77(71)89(3,4)73(101)32-13-8-7-9-14-33-74-90(5,6)78-63-29-18-16-26-58(63)37-41-72(78)102(74)46-43-76(107)108;/h7-20,23-30,32-41,50,53-54,65-70,79-80,92,103-104H,21-22,31,42-49,51-52,91H2,1-6H3,(H10-,93,94,95,96,97,98,99,100,105,106,107,108,109,110,111,112,113,114,115,116,117);1H/t53-,54-,65+,66-,67+,68-,69+,70+,79-,80+;/m1./s1. The first-order chi connectivity index (χ1) is 57.0. The Hall–Kier alpha value is -11.4. The number of carboxylic acids is 2. The van der Waals surface area contributed by atoms with E-state index in [4.69, 9.17) is 5.73 Å². The Bertz CT molecular complexity index is 5260. The number of fused-ring (bicyclic) bond motifs is 7. The Balaban J connectivity index is 0.0000151. The van der Waals surface area contributed by atoms with E-state index in [1.165, 1.54) is 31.2 Å². The van der Waals surface area contributed by atoms with E-state index < -0.39 is 136 Å². The Labute approximate surface area is 714 Å². The number of benzene rings is 7. The molecule has 3 aliphatic heterocycles. The van der Waals surface area contributed by atoms with E-state index in [1.54, 1.807) is 48.7 Å². The number of carboxylic acid groups (broad SMARTS) is 2. The third-order valence-electron chi connectivity index (χ3n) is 21.8. The first-order valence-electron chi connectivity index (χ1n) is 39.8. The highest BCUT2D eigenvalue weighted by Crippen LogP contribution is 2.51. The lowest BCUT2D eigenvalue weighted by Crippen LogP contribution is -3.00. The number of aliphatic hydroxyl groups is 2. The van der Waals surface area contributed by atoms with Gasteiger partial charge in [-0.2, -0.15) is 4.58 Å². The van der Waals surface area contributed by atoms with Crippen molar-refractivity contribution in [3.05, 3.63) is 234 Å². The van der Waals surface area contributed by atoms with Crippen LogP contribution in [0.25, 0.3) is 32.4 Å². The summed E-state index contributed by atoms with van der Waals surface area (Å²) in [6.07, 6.45) is 11.9. The highest BCUT2D eigenvalue weighted by atomic mass is 79.9. The smallest absolute Gasteiger partial charge is 0.328 e. The maximum atomic E-state index is 15.5. The van der Waals surface area contributed by atoms with Crippen LogP contribution in [0.15, 0.2) is 206 Å². The maximum absolute atomic E-state index is 15.5. The molecule has 10 atom stereocenters. The molecule has 1 saturated heterocycles. The molecular weight excluding hydrogens is 1630 g/mol. The molecule has 120 heavy (non-hydrogen) atoms. The summed E-state index contributed by atoms with van der Waals surface area (Å²) in [6, 6.07) is 33.5. The molecule has 8 aromatic rings. The summed E-state index contributed by atoms with van der Waals surface area (Å²) in [7, 11) is 1.78. The maximum Gasteiger partial charge on any atom is 0.328 e. The van der Waals surface area contributed by atoms with Crippen molar-refractivity contribution in [1.82, 2.24) is 47.5 Å². The van der Waals surface area contributed by atoms with E-state index in [-0.39, 0.29) is 86.5 Å². The zero-order valence-electron chi connectivity index (χ0n) is 67.5. The van der Waals surface area contributed by atoms with Gasteiger partial charge < -0.3 is 101 Å². The van der Waals surface area contributed by atoms with Crippen molar-refractivity contribution in [3.63, 3.8) is 0 Å². The van der Waals surface area contributed by atoms with Gasteiger partial charge in [0.2, 0.25) is 52.9 Å². The summed E-state index contributed by atoms with van der Waals surface area (Å²) in [5, 5.41) is 78.4. The number of phenols is 1. The quantitative estimate of drug-likeness (QED) is 0.0136. The molecule has 30 heteroatoms. The van der Waals surface area contributed by atoms with E-state index in [1.807, 2.05) is 97.1 Å². The molecule has 7 aromatic carbocycles. The summed E-state index contributed by atoms with van der Waals surface area (Å²) in [5.74, 6) is -10.7. The van der Waals surface area contributed by atoms with Crippen LogP contribution in [0, 0.1) is 0 Å². The zero-order valence-corrected chi connectivity index (χ0v) is 70.7. The lowest BCUT2D eigenvalue weighted by molar-refractivity contribution is -0.436. The third kappa shape index (κ3) is 22.4. The van der Waals surface area contributed by atoms with Crippen molar-refractivity contribution in [2.75, 3.05) is 36.0 Å². The SMILES string of the molecule is C[C@@H](O)[C@H](NC(=O)[C@@H]1CSSC[C@H](NC(=O)[C@@H](Cc2ccccc2)NC(=O)CC[N+]2=C(/C=C/C=C/C=C/C=C3/N(CCC(=O)O)c4ccc5ccccc5c4C3(C)C)C(C)(C)c3c2ccc2ccccc32)C(=O)N[C@@H](Cc2ccc(O)cc2)C(=O)N[C@H](Cc2c[nH]c3ccccc23)C(=O)N[C@@H](CCCCN)C(=O)N[C@H]([C@@H](C)O)C(=O)N1)C(=O)O.[Br-]. The highest BCUT2D eigenvalue weighted by molar-refractivity contribution is 8.76. The fourth-order valence-electron chi connectivity index (χ4n) is 15.6. The van der Waals surface area contributed by atoms with Gasteiger partial charge in [-0.1, -0.05) is 181 Å². The minimum Gasteiger partial charge on any atom is -1.00 e. The number of aliphatic hydroxyl groups excluding tert-OH is 2. The van der Waals surface area contributed by atoms with Crippen LogP contribution in [0.4, 0.5) is 11.4 Å². The molecule has 0 aliphatic carbocycles. The number of hydrogen-bond acceptors (Lipinski definition) is 17. The van der Waals surface area contributed by atoms with Crippen LogP contribution < -0.4 is 70.1 Å². The van der Waals surface area contributed by atoms with Crippen LogP contribution in [-0.2, 0) is 78.0 Å². The third-order valence-corrected chi connectivity index (χ3v) is 24.2. The molecule has 8 amide bonds. The number of aliphatic carboxylic acids is 2. The number of nitrogens with one attached hydrogen (secondary N) is 9. The summed E-state index contributed by atoms with van der Waals surface area (Å²) < 4.78 is 2.10. The van der Waals surface area contributed by atoms with E-state index in [0.717, 1.165) is 84.0 Å². The number of halogens is 1. The van der Waals surface area contributed by atoms with Crippen LogP contribution in [0.5, 0.6) is 5.75 Å².